The van der Waals surface area contributed by atoms with Gasteiger partial charge >= 0.3 is 0 Å². The number of fused-ring (bicyclic) bond motifs is 1. The van der Waals surface area contributed by atoms with Gasteiger partial charge in [0.25, 0.3) is 0 Å². The second-order valence-electron chi connectivity index (χ2n) is 2.49. The van der Waals surface area contributed by atoms with Crippen molar-refractivity contribution in [3.8, 4) is 5.75 Å². The van der Waals surface area contributed by atoms with Crippen LogP contribution >= 0.6 is 0 Å². The van der Waals surface area contributed by atoms with E-state index in [9.17, 15) is 0 Å². The number of hydrogen-bond acceptors (Lipinski definition) is 3. The lowest BCUT2D eigenvalue weighted by Crippen LogP contribution is -1.95. The summed E-state index contributed by atoms with van der Waals surface area (Å²) >= 11 is 0. The van der Waals surface area contributed by atoms with E-state index in [-0.39, 0.29) is 0 Å². The van der Waals surface area contributed by atoms with E-state index in [1.54, 1.807) is 11.6 Å². The van der Waals surface area contributed by atoms with E-state index in [0.717, 1.165) is 5.69 Å². The monoisotopic (exact) mass is 162 g/mol. The second-order valence-corrected chi connectivity index (χ2v) is 2.49. The molecule has 61 valence electrons. The Labute approximate surface area is 69.8 Å². The van der Waals surface area contributed by atoms with E-state index >= 15 is 0 Å². The molecule has 0 aliphatic heterocycles. The molecule has 0 fully saturated rings. The Hall–Kier alpha value is -1.58. The zero-order valence-corrected chi connectivity index (χ0v) is 6.90. The molecule has 2 rings (SSSR count). The van der Waals surface area contributed by atoms with Crippen LogP contribution in [-0.4, -0.2) is 21.7 Å². The minimum atomic E-state index is 0.706. The van der Waals surface area contributed by atoms with Crippen LogP contribution in [-0.2, 0) is 0 Å². The van der Waals surface area contributed by atoms with Crippen molar-refractivity contribution < 1.29 is 4.74 Å². The van der Waals surface area contributed by atoms with Crippen molar-refractivity contribution in [2.75, 3.05) is 7.11 Å². The highest BCUT2D eigenvalue weighted by Gasteiger charge is 2.04. The van der Waals surface area contributed by atoms with Crippen LogP contribution in [0.2, 0.25) is 0 Å². The van der Waals surface area contributed by atoms with Crippen LogP contribution in [0.5, 0.6) is 5.75 Å². The van der Waals surface area contributed by atoms with Crippen LogP contribution < -0.4 is 4.74 Å². The summed E-state index contributed by atoms with van der Waals surface area (Å²) in [6.45, 7) is 1.95. The number of aryl methyl sites for hydroxylation is 1. The molecule has 4 heteroatoms. The lowest BCUT2D eigenvalue weighted by atomic mass is 10.3. The number of hydrogen-bond donors (Lipinski definition) is 0. The molecule has 0 spiro atoms. The minimum absolute atomic E-state index is 0.706. The normalized spacial score (nSPS) is 10.5. The zero-order chi connectivity index (χ0) is 8.55. The molecule has 0 N–H and O–H groups in total. The third-order valence-electron chi connectivity index (χ3n) is 1.75. The van der Waals surface area contributed by atoms with Gasteiger partial charge in [-0.3, -0.25) is 0 Å². The molecule has 0 amide bonds. The standard InChI is InChI=1S/C8H8N3O/c1-6-3-4-7(12-2)8-9-5-10-11(6)8/h3-4H,1-2H3. The summed E-state index contributed by atoms with van der Waals surface area (Å²) in [5.41, 5.74) is 1.72. The van der Waals surface area contributed by atoms with Gasteiger partial charge in [0, 0.05) is 5.69 Å². The Balaban J connectivity index is 2.82. The third-order valence-corrected chi connectivity index (χ3v) is 1.75. The summed E-state index contributed by atoms with van der Waals surface area (Å²) in [6, 6.07) is 3.79. The fraction of sp³-hybridized carbons (Fsp3) is 0.250. The number of methoxy groups -OCH3 is 1. The molecule has 2 aromatic heterocycles. The van der Waals surface area contributed by atoms with Gasteiger partial charge in [-0.15, -0.1) is 5.10 Å². The van der Waals surface area contributed by atoms with Gasteiger partial charge in [0.1, 0.15) is 0 Å². The molecule has 0 aromatic carbocycles. The fourth-order valence-corrected chi connectivity index (χ4v) is 1.12. The fourth-order valence-electron chi connectivity index (χ4n) is 1.12. The van der Waals surface area contributed by atoms with E-state index in [1.807, 2.05) is 19.1 Å². The van der Waals surface area contributed by atoms with Gasteiger partial charge in [0.15, 0.2) is 11.4 Å². The van der Waals surface area contributed by atoms with Gasteiger partial charge in [-0.1, -0.05) is 0 Å². The van der Waals surface area contributed by atoms with E-state index in [4.69, 9.17) is 4.74 Å². The van der Waals surface area contributed by atoms with Crippen LogP contribution in [0, 0.1) is 13.3 Å². The Morgan fingerprint density at radius 1 is 1.50 bits per heavy atom. The van der Waals surface area contributed by atoms with Crippen LogP contribution in [0.3, 0.4) is 0 Å². The molecule has 0 bridgehead atoms. The first-order chi connectivity index (χ1) is 5.83. The van der Waals surface area contributed by atoms with Crippen molar-refractivity contribution in [1.82, 2.24) is 14.6 Å². The Morgan fingerprint density at radius 3 is 3.08 bits per heavy atom. The molecule has 2 heterocycles. The summed E-state index contributed by atoms with van der Waals surface area (Å²) in [7, 11) is 1.61. The number of pyridine rings is 1. The smallest absolute Gasteiger partial charge is 0.222 e. The van der Waals surface area contributed by atoms with Crippen LogP contribution in [0.15, 0.2) is 12.1 Å². The van der Waals surface area contributed by atoms with E-state index in [2.05, 4.69) is 16.4 Å². The lowest BCUT2D eigenvalue weighted by Gasteiger charge is -2.02. The third kappa shape index (κ3) is 0.845. The molecule has 0 atom stereocenters. The Bertz CT molecular complexity index is 408. The van der Waals surface area contributed by atoms with Gasteiger partial charge < -0.3 is 4.74 Å². The van der Waals surface area contributed by atoms with Gasteiger partial charge in [-0.05, 0) is 19.1 Å². The summed E-state index contributed by atoms with van der Waals surface area (Å²) in [5, 5.41) is 3.93. The molecule has 0 aliphatic carbocycles. The highest BCUT2D eigenvalue weighted by molar-refractivity contribution is 5.53. The van der Waals surface area contributed by atoms with E-state index in [1.165, 1.54) is 0 Å². The van der Waals surface area contributed by atoms with Crippen LogP contribution in [0.25, 0.3) is 5.65 Å². The van der Waals surface area contributed by atoms with Crippen molar-refractivity contribution in [2.45, 2.75) is 6.92 Å². The zero-order valence-electron chi connectivity index (χ0n) is 6.90. The second kappa shape index (κ2) is 2.48. The quantitative estimate of drug-likeness (QED) is 0.624. The number of rotatable bonds is 1. The van der Waals surface area contributed by atoms with Gasteiger partial charge in [-0.25, -0.2) is 9.50 Å². The molecule has 0 aliphatic rings. The maximum absolute atomic E-state index is 5.10. The highest BCUT2D eigenvalue weighted by atomic mass is 16.5. The van der Waals surface area contributed by atoms with Gasteiger partial charge in [0.05, 0.1) is 7.11 Å². The molecule has 4 nitrogen and oxygen atoms in total. The molecule has 2 aromatic rings. The number of ether oxygens (including phenoxy) is 1. The van der Waals surface area contributed by atoms with Crippen molar-refractivity contribution in [1.29, 1.82) is 0 Å². The number of aromatic nitrogens is 3. The topological polar surface area (TPSA) is 39.4 Å². The molecule has 12 heavy (non-hydrogen) atoms. The summed E-state index contributed by atoms with van der Waals surface area (Å²) in [6.07, 6.45) is 2.54. The lowest BCUT2D eigenvalue weighted by molar-refractivity contribution is 0.416. The minimum Gasteiger partial charge on any atom is -0.493 e. The van der Waals surface area contributed by atoms with Gasteiger partial charge in [0.2, 0.25) is 6.33 Å². The SMILES string of the molecule is COc1ccc(C)n2n[c]nc12. The summed E-state index contributed by atoms with van der Waals surface area (Å²) < 4.78 is 6.79. The molecule has 0 saturated heterocycles. The van der Waals surface area contributed by atoms with E-state index in [0.29, 0.717) is 11.4 Å². The molecular weight excluding hydrogens is 154 g/mol. The maximum Gasteiger partial charge on any atom is 0.222 e. The average Bonchev–Trinajstić information content (AvgIpc) is 2.54. The first-order valence-corrected chi connectivity index (χ1v) is 3.59. The molecular formula is C8H8N3O. The number of nitrogens with zero attached hydrogens (tertiary/aromatic N) is 3. The molecule has 0 saturated carbocycles. The first-order valence-electron chi connectivity index (χ1n) is 3.59. The predicted octanol–water partition coefficient (Wildman–Crippen LogP) is 0.847. The Morgan fingerprint density at radius 2 is 2.33 bits per heavy atom. The van der Waals surface area contributed by atoms with Gasteiger partial charge in [-0.2, -0.15) is 0 Å². The van der Waals surface area contributed by atoms with Crippen LogP contribution in [0.1, 0.15) is 5.69 Å². The van der Waals surface area contributed by atoms with Crippen LogP contribution in [0.4, 0.5) is 0 Å². The van der Waals surface area contributed by atoms with Crippen molar-refractivity contribution in [3.63, 3.8) is 0 Å². The van der Waals surface area contributed by atoms with Crippen molar-refractivity contribution in [2.24, 2.45) is 0 Å². The Kier molecular flexibility index (Phi) is 1.46. The molecule has 0 unspecified atom stereocenters. The van der Waals surface area contributed by atoms with E-state index < -0.39 is 0 Å². The molecule has 1 radical (unpaired) electrons. The predicted molar refractivity (Wildman–Crippen MR) is 43.1 cm³/mol. The summed E-state index contributed by atoms with van der Waals surface area (Å²) in [5.74, 6) is 0.717. The highest BCUT2D eigenvalue weighted by Crippen LogP contribution is 2.17. The van der Waals surface area contributed by atoms with Crippen molar-refractivity contribution >= 4 is 5.65 Å². The summed E-state index contributed by atoms with van der Waals surface area (Å²) in [4.78, 5) is 3.95. The largest absolute Gasteiger partial charge is 0.493 e. The first kappa shape index (κ1) is 7.09. The van der Waals surface area contributed by atoms with Crippen molar-refractivity contribution in [3.05, 3.63) is 24.2 Å². The average molecular weight is 162 g/mol. The maximum atomic E-state index is 5.10.